The Morgan fingerprint density at radius 1 is 1.07 bits per heavy atom. The van der Waals surface area contributed by atoms with Gasteiger partial charge >= 0.3 is 0 Å². The van der Waals surface area contributed by atoms with Crippen molar-refractivity contribution in [3.63, 3.8) is 0 Å². The molecule has 5 nitrogen and oxygen atoms in total. The molecule has 15 heavy (non-hydrogen) atoms. The molecule has 0 spiro atoms. The van der Waals surface area contributed by atoms with E-state index in [4.69, 9.17) is 20.1 Å². The summed E-state index contributed by atoms with van der Waals surface area (Å²) in [6, 6.07) is 3.52. The van der Waals surface area contributed by atoms with Gasteiger partial charge in [-0.2, -0.15) is 5.10 Å². The summed E-state index contributed by atoms with van der Waals surface area (Å²) in [5, 5.41) is 3.44. The highest BCUT2D eigenvalue weighted by molar-refractivity contribution is 5.82. The zero-order valence-electron chi connectivity index (χ0n) is 8.98. The van der Waals surface area contributed by atoms with E-state index in [0.717, 1.165) is 5.56 Å². The van der Waals surface area contributed by atoms with Crippen LogP contribution in [0.5, 0.6) is 17.2 Å². The number of methoxy groups -OCH3 is 3. The third-order valence-electron chi connectivity index (χ3n) is 1.91. The first-order valence-corrected chi connectivity index (χ1v) is 4.30. The van der Waals surface area contributed by atoms with E-state index in [1.807, 2.05) is 0 Å². The van der Waals surface area contributed by atoms with Crippen LogP contribution in [-0.4, -0.2) is 27.5 Å². The molecule has 0 radical (unpaired) electrons. The van der Waals surface area contributed by atoms with E-state index in [-0.39, 0.29) is 0 Å². The standard InChI is InChI=1S/C10H14N2O3/c1-13-8-4-7(6-12-11)5-9(14-2)10(8)15-3/h4-6H,11H2,1-3H3. The zero-order valence-corrected chi connectivity index (χ0v) is 8.98. The topological polar surface area (TPSA) is 66.1 Å². The molecule has 0 heterocycles. The first-order chi connectivity index (χ1) is 7.26. The van der Waals surface area contributed by atoms with Gasteiger partial charge in [-0.25, -0.2) is 0 Å². The maximum absolute atomic E-state index is 5.17. The summed E-state index contributed by atoms with van der Waals surface area (Å²) < 4.78 is 15.5. The first kappa shape index (κ1) is 11.2. The highest BCUT2D eigenvalue weighted by Gasteiger charge is 2.11. The predicted molar refractivity (Wildman–Crippen MR) is 57.9 cm³/mol. The number of nitrogens with two attached hydrogens (primary N) is 1. The number of hydrogen-bond donors (Lipinski definition) is 1. The molecule has 0 aliphatic rings. The SMILES string of the molecule is COc1cc(C=NN)cc(OC)c1OC. The molecule has 0 bridgehead atoms. The number of ether oxygens (including phenoxy) is 3. The van der Waals surface area contributed by atoms with Gasteiger partial charge in [0.05, 0.1) is 27.5 Å². The summed E-state index contributed by atoms with van der Waals surface area (Å²) in [6.45, 7) is 0. The molecule has 82 valence electrons. The summed E-state index contributed by atoms with van der Waals surface area (Å²) in [6.07, 6.45) is 1.50. The normalized spacial score (nSPS) is 10.3. The van der Waals surface area contributed by atoms with Crippen LogP contribution in [-0.2, 0) is 0 Å². The second-order valence-corrected chi connectivity index (χ2v) is 2.74. The van der Waals surface area contributed by atoms with Crippen LogP contribution < -0.4 is 20.1 Å². The molecule has 0 aliphatic carbocycles. The summed E-state index contributed by atoms with van der Waals surface area (Å²) in [4.78, 5) is 0. The molecule has 0 fully saturated rings. The number of rotatable bonds is 4. The molecule has 0 atom stereocenters. The van der Waals surface area contributed by atoms with Crippen LogP contribution in [0.4, 0.5) is 0 Å². The third kappa shape index (κ3) is 2.31. The highest BCUT2D eigenvalue weighted by Crippen LogP contribution is 2.37. The van der Waals surface area contributed by atoms with Gasteiger partial charge in [-0.1, -0.05) is 0 Å². The molecule has 1 rings (SSSR count). The minimum Gasteiger partial charge on any atom is -0.493 e. The first-order valence-electron chi connectivity index (χ1n) is 4.30. The lowest BCUT2D eigenvalue weighted by Gasteiger charge is -2.12. The van der Waals surface area contributed by atoms with Crippen molar-refractivity contribution in [2.24, 2.45) is 10.9 Å². The Morgan fingerprint density at radius 3 is 1.93 bits per heavy atom. The summed E-state index contributed by atoms with van der Waals surface area (Å²) in [5.41, 5.74) is 0.784. The maximum Gasteiger partial charge on any atom is 0.203 e. The smallest absolute Gasteiger partial charge is 0.203 e. The fourth-order valence-corrected chi connectivity index (χ4v) is 1.26. The molecule has 0 unspecified atom stereocenters. The van der Waals surface area contributed by atoms with E-state index in [1.165, 1.54) is 6.21 Å². The van der Waals surface area contributed by atoms with Crippen molar-refractivity contribution in [2.45, 2.75) is 0 Å². The number of nitrogens with zero attached hydrogens (tertiary/aromatic N) is 1. The van der Waals surface area contributed by atoms with Crippen LogP contribution in [0.2, 0.25) is 0 Å². The van der Waals surface area contributed by atoms with E-state index in [2.05, 4.69) is 5.10 Å². The van der Waals surface area contributed by atoms with Crippen molar-refractivity contribution in [3.8, 4) is 17.2 Å². The number of hydrazone groups is 1. The van der Waals surface area contributed by atoms with Crippen LogP contribution in [0.3, 0.4) is 0 Å². The third-order valence-corrected chi connectivity index (χ3v) is 1.91. The average molecular weight is 210 g/mol. The highest BCUT2D eigenvalue weighted by atomic mass is 16.5. The van der Waals surface area contributed by atoms with Gasteiger partial charge in [0, 0.05) is 5.56 Å². The van der Waals surface area contributed by atoms with Crippen LogP contribution in [0, 0.1) is 0 Å². The van der Waals surface area contributed by atoms with Crippen LogP contribution >= 0.6 is 0 Å². The van der Waals surface area contributed by atoms with Crippen LogP contribution in [0.15, 0.2) is 17.2 Å². The summed E-state index contributed by atoms with van der Waals surface area (Å²) in [7, 11) is 4.67. The maximum atomic E-state index is 5.17. The molecule has 0 saturated carbocycles. The van der Waals surface area contributed by atoms with Gasteiger partial charge in [0.25, 0.3) is 0 Å². The van der Waals surface area contributed by atoms with Crippen molar-refractivity contribution in [2.75, 3.05) is 21.3 Å². The van der Waals surface area contributed by atoms with Crippen LogP contribution in [0.1, 0.15) is 5.56 Å². The van der Waals surface area contributed by atoms with Gasteiger partial charge in [-0.3, -0.25) is 0 Å². The fourth-order valence-electron chi connectivity index (χ4n) is 1.26. The molecular weight excluding hydrogens is 196 g/mol. The lowest BCUT2D eigenvalue weighted by atomic mass is 10.2. The van der Waals surface area contributed by atoms with Crippen LogP contribution in [0.25, 0.3) is 0 Å². The lowest BCUT2D eigenvalue weighted by Crippen LogP contribution is -1.97. The van der Waals surface area contributed by atoms with E-state index in [9.17, 15) is 0 Å². The second kappa shape index (κ2) is 5.09. The van der Waals surface area contributed by atoms with E-state index >= 15 is 0 Å². The Kier molecular flexibility index (Phi) is 3.79. The van der Waals surface area contributed by atoms with Crippen molar-refractivity contribution >= 4 is 6.21 Å². The van der Waals surface area contributed by atoms with Gasteiger partial charge in [0.1, 0.15) is 0 Å². The van der Waals surface area contributed by atoms with Gasteiger partial charge < -0.3 is 20.1 Å². The molecule has 0 amide bonds. The zero-order chi connectivity index (χ0) is 11.3. The minimum atomic E-state index is 0.550. The largest absolute Gasteiger partial charge is 0.493 e. The second-order valence-electron chi connectivity index (χ2n) is 2.74. The molecule has 1 aromatic rings. The molecule has 0 saturated heterocycles. The fraction of sp³-hybridized carbons (Fsp3) is 0.300. The Bertz CT molecular complexity index is 339. The van der Waals surface area contributed by atoms with Gasteiger partial charge in [-0.05, 0) is 12.1 Å². The Balaban J connectivity index is 3.28. The molecule has 0 aromatic heterocycles. The average Bonchev–Trinajstić information content (AvgIpc) is 2.28. The van der Waals surface area contributed by atoms with Crippen molar-refractivity contribution < 1.29 is 14.2 Å². The van der Waals surface area contributed by atoms with E-state index < -0.39 is 0 Å². The van der Waals surface area contributed by atoms with E-state index in [0.29, 0.717) is 17.2 Å². The molecule has 2 N–H and O–H groups in total. The van der Waals surface area contributed by atoms with Crippen molar-refractivity contribution in [1.29, 1.82) is 0 Å². The Morgan fingerprint density at radius 2 is 1.60 bits per heavy atom. The lowest BCUT2D eigenvalue weighted by molar-refractivity contribution is 0.324. The van der Waals surface area contributed by atoms with Gasteiger partial charge in [-0.15, -0.1) is 0 Å². The number of benzene rings is 1. The van der Waals surface area contributed by atoms with E-state index in [1.54, 1.807) is 33.5 Å². The summed E-state index contributed by atoms with van der Waals surface area (Å²) >= 11 is 0. The molecule has 5 heteroatoms. The van der Waals surface area contributed by atoms with Crippen molar-refractivity contribution in [1.82, 2.24) is 0 Å². The summed E-state index contributed by atoms with van der Waals surface area (Å²) in [5.74, 6) is 6.77. The molecular formula is C10H14N2O3. The quantitative estimate of drug-likeness (QED) is 0.457. The monoisotopic (exact) mass is 210 g/mol. The molecule has 1 aromatic carbocycles. The number of hydrogen-bond acceptors (Lipinski definition) is 5. The Hall–Kier alpha value is -1.91. The predicted octanol–water partition coefficient (Wildman–Crippen LogP) is 1.00. The van der Waals surface area contributed by atoms with Gasteiger partial charge in [0.2, 0.25) is 5.75 Å². The molecule has 0 aliphatic heterocycles. The van der Waals surface area contributed by atoms with Crippen molar-refractivity contribution in [3.05, 3.63) is 17.7 Å². The van der Waals surface area contributed by atoms with Gasteiger partial charge in [0.15, 0.2) is 11.5 Å². The Labute approximate surface area is 88.4 Å². The minimum absolute atomic E-state index is 0.550.